The predicted octanol–water partition coefficient (Wildman–Crippen LogP) is 3.59. The number of rotatable bonds is 4. The molecule has 2 rings (SSSR count). The van der Waals surface area contributed by atoms with E-state index in [-0.39, 0.29) is 0 Å². The summed E-state index contributed by atoms with van der Waals surface area (Å²) in [7, 11) is 0. The Bertz CT molecular complexity index is 188. The fraction of sp³-hybridized carbons (Fsp3) is 1.00. The van der Waals surface area contributed by atoms with Crippen molar-refractivity contribution in [3.8, 4) is 0 Å². The first-order valence-corrected chi connectivity index (χ1v) is 6.89. The van der Waals surface area contributed by atoms with E-state index < -0.39 is 0 Å². The van der Waals surface area contributed by atoms with E-state index in [1.165, 1.54) is 58.0 Å². The molecule has 0 spiro atoms. The standard InChI is InChI=1S/C14H27N/c1-12-4-6-13(7-5-12)10-15-11-14(2)8-3-9-14/h12-13,15H,3-11H2,1-2H3. The monoisotopic (exact) mass is 209 g/mol. The van der Waals surface area contributed by atoms with E-state index in [1.54, 1.807) is 0 Å². The fourth-order valence-corrected chi connectivity index (χ4v) is 3.07. The third kappa shape index (κ3) is 3.21. The van der Waals surface area contributed by atoms with Crippen LogP contribution in [-0.4, -0.2) is 13.1 Å². The summed E-state index contributed by atoms with van der Waals surface area (Å²) in [5.41, 5.74) is 0.655. The molecule has 0 heterocycles. The van der Waals surface area contributed by atoms with Crippen molar-refractivity contribution in [2.45, 2.75) is 58.8 Å². The molecule has 0 unspecified atom stereocenters. The van der Waals surface area contributed by atoms with E-state index in [0.29, 0.717) is 5.41 Å². The van der Waals surface area contributed by atoms with E-state index in [4.69, 9.17) is 0 Å². The molecule has 0 aromatic rings. The van der Waals surface area contributed by atoms with Gasteiger partial charge in [-0.15, -0.1) is 0 Å². The quantitative estimate of drug-likeness (QED) is 0.746. The molecule has 0 aliphatic heterocycles. The largest absolute Gasteiger partial charge is 0.316 e. The van der Waals surface area contributed by atoms with E-state index in [9.17, 15) is 0 Å². The average Bonchev–Trinajstić information content (AvgIpc) is 2.19. The summed E-state index contributed by atoms with van der Waals surface area (Å²) in [6.45, 7) is 7.38. The SMILES string of the molecule is CC1CCC(CNCC2(C)CCC2)CC1. The van der Waals surface area contributed by atoms with Crippen molar-refractivity contribution in [2.75, 3.05) is 13.1 Å². The molecule has 2 aliphatic rings. The van der Waals surface area contributed by atoms with Gasteiger partial charge in [0.25, 0.3) is 0 Å². The van der Waals surface area contributed by atoms with Crippen molar-refractivity contribution in [3.63, 3.8) is 0 Å². The maximum absolute atomic E-state index is 3.71. The lowest BCUT2D eigenvalue weighted by Gasteiger charge is -2.39. The van der Waals surface area contributed by atoms with Crippen LogP contribution in [0.5, 0.6) is 0 Å². The Hall–Kier alpha value is -0.0400. The van der Waals surface area contributed by atoms with Gasteiger partial charge in [0.05, 0.1) is 0 Å². The third-order valence-corrected chi connectivity index (χ3v) is 4.68. The van der Waals surface area contributed by atoms with Crippen LogP contribution < -0.4 is 5.32 Å². The minimum absolute atomic E-state index is 0.655. The number of hydrogen-bond donors (Lipinski definition) is 1. The van der Waals surface area contributed by atoms with Crippen LogP contribution >= 0.6 is 0 Å². The molecule has 2 fully saturated rings. The third-order valence-electron chi connectivity index (χ3n) is 4.68. The molecule has 0 radical (unpaired) electrons. The average molecular weight is 209 g/mol. The molecule has 1 nitrogen and oxygen atoms in total. The van der Waals surface area contributed by atoms with Crippen molar-refractivity contribution >= 4 is 0 Å². The van der Waals surface area contributed by atoms with E-state index in [0.717, 1.165) is 11.8 Å². The first-order chi connectivity index (χ1) is 7.18. The lowest BCUT2D eigenvalue weighted by molar-refractivity contribution is 0.151. The fourth-order valence-electron chi connectivity index (χ4n) is 3.07. The minimum atomic E-state index is 0.655. The molecule has 0 bridgehead atoms. The Labute approximate surface area is 95.0 Å². The Balaban J connectivity index is 1.57. The molecule has 15 heavy (non-hydrogen) atoms. The maximum atomic E-state index is 3.71. The van der Waals surface area contributed by atoms with Gasteiger partial charge in [0.1, 0.15) is 0 Å². The zero-order chi connectivity index (χ0) is 10.7. The molecule has 0 amide bonds. The van der Waals surface area contributed by atoms with Crippen molar-refractivity contribution in [1.82, 2.24) is 5.32 Å². The molecule has 1 heteroatoms. The van der Waals surface area contributed by atoms with Gasteiger partial charge in [-0.2, -0.15) is 0 Å². The van der Waals surface area contributed by atoms with Gasteiger partial charge in [0, 0.05) is 6.54 Å². The lowest BCUT2D eigenvalue weighted by atomic mass is 9.70. The maximum Gasteiger partial charge on any atom is 0.000527 e. The normalized spacial score (nSPS) is 34.8. The summed E-state index contributed by atoms with van der Waals surface area (Å²) in [4.78, 5) is 0. The molecule has 0 atom stereocenters. The zero-order valence-electron chi connectivity index (χ0n) is 10.5. The highest BCUT2D eigenvalue weighted by Gasteiger charge is 2.31. The van der Waals surface area contributed by atoms with Crippen molar-refractivity contribution < 1.29 is 0 Å². The first-order valence-electron chi connectivity index (χ1n) is 6.89. The molecule has 2 aliphatic carbocycles. The molecule has 1 N–H and O–H groups in total. The number of hydrogen-bond acceptors (Lipinski definition) is 1. The molecular weight excluding hydrogens is 182 g/mol. The highest BCUT2D eigenvalue weighted by atomic mass is 14.9. The van der Waals surface area contributed by atoms with E-state index >= 15 is 0 Å². The highest BCUT2D eigenvalue weighted by Crippen LogP contribution is 2.39. The smallest absolute Gasteiger partial charge is 0.000527 e. The first kappa shape index (κ1) is 11.4. The molecule has 2 saturated carbocycles. The van der Waals surface area contributed by atoms with Gasteiger partial charge >= 0.3 is 0 Å². The van der Waals surface area contributed by atoms with Crippen LogP contribution in [0.4, 0.5) is 0 Å². The van der Waals surface area contributed by atoms with Crippen molar-refractivity contribution in [2.24, 2.45) is 17.3 Å². The van der Waals surface area contributed by atoms with Crippen molar-refractivity contribution in [3.05, 3.63) is 0 Å². The Morgan fingerprint density at radius 1 is 1.13 bits per heavy atom. The molecule has 0 aromatic heterocycles. The van der Waals surface area contributed by atoms with Gasteiger partial charge in [-0.25, -0.2) is 0 Å². The van der Waals surface area contributed by atoms with Crippen LogP contribution in [-0.2, 0) is 0 Å². The molecule has 0 saturated heterocycles. The second kappa shape index (κ2) is 4.86. The summed E-state index contributed by atoms with van der Waals surface area (Å²) < 4.78 is 0. The van der Waals surface area contributed by atoms with Crippen LogP contribution in [0.1, 0.15) is 58.8 Å². The van der Waals surface area contributed by atoms with Gasteiger partial charge < -0.3 is 5.32 Å². The van der Waals surface area contributed by atoms with Crippen LogP contribution in [0, 0.1) is 17.3 Å². The Morgan fingerprint density at radius 3 is 2.33 bits per heavy atom. The van der Waals surface area contributed by atoms with Crippen LogP contribution in [0.2, 0.25) is 0 Å². The van der Waals surface area contributed by atoms with E-state index in [1.807, 2.05) is 0 Å². The van der Waals surface area contributed by atoms with Gasteiger partial charge in [0.2, 0.25) is 0 Å². The number of nitrogens with one attached hydrogen (secondary N) is 1. The molecule has 88 valence electrons. The Morgan fingerprint density at radius 2 is 1.80 bits per heavy atom. The molecular formula is C14H27N. The van der Waals surface area contributed by atoms with E-state index in [2.05, 4.69) is 19.2 Å². The lowest BCUT2D eigenvalue weighted by Crippen LogP contribution is -2.39. The minimum Gasteiger partial charge on any atom is -0.316 e. The summed E-state index contributed by atoms with van der Waals surface area (Å²) in [5, 5.41) is 3.71. The van der Waals surface area contributed by atoms with Crippen LogP contribution in [0.25, 0.3) is 0 Å². The van der Waals surface area contributed by atoms with Gasteiger partial charge in [-0.1, -0.05) is 33.1 Å². The summed E-state index contributed by atoms with van der Waals surface area (Å²) >= 11 is 0. The second-order valence-corrected chi connectivity index (χ2v) is 6.42. The topological polar surface area (TPSA) is 12.0 Å². The summed E-state index contributed by atoms with van der Waals surface area (Å²) in [6.07, 6.45) is 10.2. The van der Waals surface area contributed by atoms with Crippen LogP contribution in [0.3, 0.4) is 0 Å². The van der Waals surface area contributed by atoms with Crippen LogP contribution in [0.15, 0.2) is 0 Å². The molecule has 0 aromatic carbocycles. The van der Waals surface area contributed by atoms with Crippen molar-refractivity contribution in [1.29, 1.82) is 0 Å². The summed E-state index contributed by atoms with van der Waals surface area (Å²) in [5.74, 6) is 1.97. The zero-order valence-corrected chi connectivity index (χ0v) is 10.5. The van der Waals surface area contributed by atoms with Gasteiger partial charge in [0.15, 0.2) is 0 Å². The van der Waals surface area contributed by atoms with Gasteiger partial charge in [-0.3, -0.25) is 0 Å². The predicted molar refractivity (Wildman–Crippen MR) is 65.9 cm³/mol. The second-order valence-electron chi connectivity index (χ2n) is 6.42. The van der Waals surface area contributed by atoms with Gasteiger partial charge in [-0.05, 0) is 49.5 Å². The highest BCUT2D eigenvalue weighted by molar-refractivity contribution is 4.85. The summed E-state index contributed by atoms with van der Waals surface area (Å²) in [6, 6.07) is 0. The Kier molecular flexibility index (Phi) is 3.71.